The minimum absolute atomic E-state index is 0.0590. The lowest BCUT2D eigenvalue weighted by molar-refractivity contribution is -0.0549. The monoisotopic (exact) mass is 159 g/mol. The molecule has 2 nitrogen and oxygen atoms in total. The summed E-state index contributed by atoms with van der Waals surface area (Å²) in [4.78, 5) is 0. The molecule has 11 heavy (non-hydrogen) atoms. The zero-order valence-corrected chi connectivity index (χ0v) is 8.02. The first-order chi connectivity index (χ1) is 5.24. The molecular weight excluding hydrogens is 138 g/mol. The van der Waals surface area contributed by atoms with Crippen LogP contribution in [0.25, 0.3) is 0 Å². The molecule has 0 amide bonds. The minimum Gasteiger partial charge on any atom is -0.360 e. The zero-order valence-electron chi connectivity index (χ0n) is 8.02. The Kier molecular flexibility index (Phi) is 5.51. The highest BCUT2D eigenvalue weighted by Gasteiger charge is 2.24. The lowest BCUT2D eigenvalue weighted by Gasteiger charge is -2.30. The van der Waals surface area contributed by atoms with Crippen molar-refractivity contribution in [2.24, 2.45) is 5.73 Å². The summed E-state index contributed by atoms with van der Waals surface area (Å²) < 4.78 is 5.55. The molecule has 2 heteroatoms. The number of hydrogen-bond donors (Lipinski definition) is 1. The van der Waals surface area contributed by atoms with E-state index in [1.807, 2.05) is 0 Å². The van der Waals surface area contributed by atoms with Crippen LogP contribution in [0.1, 0.15) is 46.5 Å². The maximum Gasteiger partial charge on any atom is 0.0947 e. The average Bonchev–Trinajstić information content (AvgIpc) is 2.04. The van der Waals surface area contributed by atoms with Crippen molar-refractivity contribution in [3.63, 3.8) is 0 Å². The third-order valence-corrected chi connectivity index (χ3v) is 2.38. The molecule has 0 saturated carbocycles. The lowest BCUT2D eigenvalue weighted by Crippen LogP contribution is -2.33. The van der Waals surface area contributed by atoms with Crippen LogP contribution >= 0.6 is 0 Å². The van der Waals surface area contributed by atoms with Gasteiger partial charge >= 0.3 is 0 Å². The maximum atomic E-state index is 5.55. The van der Waals surface area contributed by atoms with Gasteiger partial charge in [0, 0.05) is 0 Å². The van der Waals surface area contributed by atoms with E-state index in [1.54, 1.807) is 0 Å². The largest absolute Gasteiger partial charge is 0.360 e. The molecule has 0 spiro atoms. The first-order valence-electron chi connectivity index (χ1n) is 4.58. The van der Waals surface area contributed by atoms with E-state index >= 15 is 0 Å². The number of ether oxygens (including phenoxy) is 1. The Morgan fingerprint density at radius 1 is 1.18 bits per heavy atom. The van der Waals surface area contributed by atoms with Crippen molar-refractivity contribution in [2.45, 2.75) is 52.1 Å². The third-order valence-electron chi connectivity index (χ3n) is 2.38. The summed E-state index contributed by atoms with van der Waals surface area (Å²) in [6.45, 7) is 6.85. The Morgan fingerprint density at radius 3 is 2.00 bits per heavy atom. The van der Waals surface area contributed by atoms with E-state index < -0.39 is 0 Å². The predicted octanol–water partition coefficient (Wildman–Crippen LogP) is 2.28. The van der Waals surface area contributed by atoms with Crippen LogP contribution in [0.5, 0.6) is 0 Å². The topological polar surface area (TPSA) is 35.2 Å². The Morgan fingerprint density at radius 2 is 1.73 bits per heavy atom. The van der Waals surface area contributed by atoms with Crippen LogP contribution in [-0.2, 0) is 4.74 Å². The van der Waals surface area contributed by atoms with Crippen LogP contribution in [0.2, 0.25) is 0 Å². The molecule has 0 aromatic heterocycles. The first-order valence-corrected chi connectivity index (χ1v) is 4.58. The lowest BCUT2D eigenvalue weighted by atomic mass is 9.92. The Hall–Kier alpha value is -0.0800. The van der Waals surface area contributed by atoms with Gasteiger partial charge < -0.3 is 10.5 Å². The summed E-state index contributed by atoms with van der Waals surface area (Å²) in [5.74, 6) is 0. The fourth-order valence-electron chi connectivity index (χ4n) is 1.51. The highest BCUT2D eigenvalue weighted by Crippen LogP contribution is 2.25. The molecule has 2 N–H and O–H groups in total. The normalized spacial score (nSPS) is 12.0. The second-order valence-corrected chi connectivity index (χ2v) is 2.95. The molecule has 0 radical (unpaired) electrons. The minimum atomic E-state index is 0.0590. The van der Waals surface area contributed by atoms with Gasteiger partial charge in [0.2, 0.25) is 0 Å². The summed E-state index contributed by atoms with van der Waals surface area (Å²) in [7, 11) is 0. The molecule has 0 heterocycles. The van der Waals surface area contributed by atoms with Crippen molar-refractivity contribution in [3.8, 4) is 0 Å². The number of nitrogens with two attached hydrogens (primary N) is 1. The Labute approximate surface area is 70.1 Å². The van der Waals surface area contributed by atoms with Crippen LogP contribution in [0, 0.1) is 0 Å². The molecule has 0 bridgehead atoms. The summed E-state index contributed by atoms with van der Waals surface area (Å²) in [5.41, 5.74) is 5.43. The SMILES string of the molecule is CCCC(CC)(CC)OCN. The van der Waals surface area contributed by atoms with Gasteiger partial charge in [0.15, 0.2) is 0 Å². The second-order valence-electron chi connectivity index (χ2n) is 2.95. The summed E-state index contributed by atoms with van der Waals surface area (Å²) >= 11 is 0. The standard InChI is InChI=1S/C9H21NO/c1-4-7-9(5-2,6-3)11-8-10/h4-8,10H2,1-3H3. The van der Waals surface area contributed by atoms with Gasteiger partial charge in [0.1, 0.15) is 0 Å². The van der Waals surface area contributed by atoms with E-state index in [0.29, 0.717) is 6.73 Å². The highest BCUT2D eigenvalue weighted by molar-refractivity contribution is 4.76. The van der Waals surface area contributed by atoms with Crippen molar-refractivity contribution in [3.05, 3.63) is 0 Å². The molecular formula is C9H21NO. The fraction of sp³-hybridized carbons (Fsp3) is 1.00. The fourth-order valence-corrected chi connectivity index (χ4v) is 1.51. The molecule has 0 aliphatic heterocycles. The summed E-state index contributed by atoms with van der Waals surface area (Å²) in [6, 6.07) is 0. The van der Waals surface area contributed by atoms with Gasteiger partial charge in [-0.3, -0.25) is 0 Å². The van der Waals surface area contributed by atoms with Gasteiger partial charge in [-0.05, 0) is 19.3 Å². The first kappa shape index (κ1) is 10.9. The zero-order chi connectivity index (χ0) is 8.74. The van der Waals surface area contributed by atoms with Gasteiger partial charge in [0.25, 0.3) is 0 Å². The summed E-state index contributed by atoms with van der Waals surface area (Å²) in [6.07, 6.45) is 4.42. The van der Waals surface area contributed by atoms with Crippen molar-refractivity contribution in [1.82, 2.24) is 0 Å². The predicted molar refractivity (Wildman–Crippen MR) is 48.4 cm³/mol. The van der Waals surface area contributed by atoms with Crippen molar-refractivity contribution >= 4 is 0 Å². The van der Waals surface area contributed by atoms with Gasteiger partial charge in [-0.15, -0.1) is 0 Å². The van der Waals surface area contributed by atoms with Crippen molar-refractivity contribution in [1.29, 1.82) is 0 Å². The number of hydrogen-bond acceptors (Lipinski definition) is 2. The van der Waals surface area contributed by atoms with Gasteiger partial charge in [0.05, 0.1) is 12.3 Å². The average molecular weight is 159 g/mol. The van der Waals surface area contributed by atoms with Gasteiger partial charge in [-0.25, -0.2) is 0 Å². The molecule has 0 aromatic carbocycles. The van der Waals surface area contributed by atoms with E-state index in [1.165, 1.54) is 6.42 Å². The van der Waals surface area contributed by atoms with Crippen LogP contribution in [-0.4, -0.2) is 12.3 Å². The molecule has 0 saturated heterocycles. The molecule has 0 aliphatic rings. The van der Waals surface area contributed by atoms with Crippen molar-refractivity contribution in [2.75, 3.05) is 6.73 Å². The van der Waals surface area contributed by atoms with E-state index in [2.05, 4.69) is 20.8 Å². The molecule has 0 rings (SSSR count). The van der Waals surface area contributed by atoms with Gasteiger partial charge in [-0.2, -0.15) is 0 Å². The molecule has 0 fully saturated rings. The highest BCUT2D eigenvalue weighted by atomic mass is 16.5. The quantitative estimate of drug-likeness (QED) is 0.603. The Bertz CT molecular complexity index is 81.6. The van der Waals surface area contributed by atoms with E-state index in [0.717, 1.165) is 19.3 Å². The summed E-state index contributed by atoms with van der Waals surface area (Å²) in [5, 5.41) is 0. The smallest absolute Gasteiger partial charge is 0.0947 e. The molecule has 0 aromatic rings. The Balaban J connectivity index is 3.96. The van der Waals surface area contributed by atoms with E-state index in [4.69, 9.17) is 10.5 Å². The van der Waals surface area contributed by atoms with Crippen LogP contribution in [0.4, 0.5) is 0 Å². The van der Waals surface area contributed by atoms with Crippen LogP contribution in [0.15, 0.2) is 0 Å². The molecule has 0 unspecified atom stereocenters. The molecule has 0 aliphatic carbocycles. The maximum absolute atomic E-state index is 5.55. The number of rotatable bonds is 6. The van der Waals surface area contributed by atoms with Crippen molar-refractivity contribution < 1.29 is 4.74 Å². The second kappa shape index (κ2) is 5.56. The molecule has 0 atom stereocenters. The van der Waals surface area contributed by atoms with Crippen LogP contribution in [0.3, 0.4) is 0 Å². The third kappa shape index (κ3) is 3.21. The molecule has 68 valence electrons. The van der Waals surface area contributed by atoms with Crippen LogP contribution < -0.4 is 5.73 Å². The van der Waals surface area contributed by atoms with E-state index in [9.17, 15) is 0 Å². The van der Waals surface area contributed by atoms with Gasteiger partial charge in [-0.1, -0.05) is 27.2 Å². The van der Waals surface area contributed by atoms with E-state index in [-0.39, 0.29) is 5.60 Å².